The number of aromatic amines is 2. The van der Waals surface area contributed by atoms with E-state index in [1.165, 1.54) is 0 Å². The van der Waals surface area contributed by atoms with E-state index < -0.39 is 0 Å². The van der Waals surface area contributed by atoms with Gasteiger partial charge in [0.25, 0.3) is 5.56 Å². The molecule has 5 aromatic rings. The Kier molecular flexibility index (Phi) is 3.82. The van der Waals surface area contributed by atoms with Crippen LogP contribution >= 0.6 is 23.2 Å². The van der Waals surface area contributed by atoms with Crippen LogP contribution in [0.2, 0.25) is 10.0 Å². The van der Waals surface area contributed by atoms with Crippen molar-refractivity contribution in [3.63, 3.8) is 0 Å². The number of nitrogens with one attached hydrogen (secondary N) is 2. The number of H-pyrrole nitrogens is 2. The molecule has 5 nitrogen and oxygen atoms in total. The molecule has 0 aliphatic carbocycles. The minimum absolute atomic E-state index is 0.128. The van der Waals surface area contributed by atoms with E-state index in [9.17, 15) is 4.79 Å². The first-order chi connectivity index (χ1) is 13.5. The summed E-state index contributed by atoms with van der Waals surface area (Å²) in [4.78, 5) is 16.3. The molecule has 138 valence electrons. The van der Waals surface area contributed by atoms with Crippen molar-refractivity contribution < 1.29 is 0 Å². The SMILES string of the molecule is Cn1c(=O)c(-c2ccc(Cl)cc2Cl)cc2c3cc(-c4ccn[nH]4)ccc3[nH]c21. The predicted molar refractivity (Wildman–Crippen MR) is 114 cm³/mol. The van der Waals surface area contributed by atoms with Gasteiger partial charge in [0.15, 0.2) is 0 Å². The van der Waals surface area contributed by atoms with Crippen LogP contribution in [0.4, 0.5) is 0 Å². The number of rotatable bonds is 2. The van der Waals surface area contributed by atoms with E-state index in [0.29, 0.717) is 21.2 Å². The van der Waals surface area contributed by atoms with Gasteiger partial charge in [0.2, 0.25) is 0 Å². The highest BCUT2D eigenvalue weighted by molar-refractivity contribution is 6.36. The standard InChI is InChI=1S/C21H14Cl2N4O/c1-27-20-15(10-16(21(27)28)13-4-3-12(22)9-17(13)23)14-8-11(2-5-19(14)25-20)18-6-7-24-26-18/h2-10,25H,1H3,(H,24,26). The first-order valence-corrected chi connectivity index (χ1v) is 9.39. The molecule has 3 heterocycles. The summed E-state index contributed by atoms with van der Waals surface area (Å²) in [5, 5.41) is 9.94. The van der Waals surface area contributed by atoms with E-state index in [0.717, 1.165) is 33.2 Å². The summed E-state index contributed by atoms with van der Waals surface area (Å²) in [7, 11) is 1.75. The molecule has 0 saturated heterocycles. The van der Waals surface area contributed by atoms with Crippen molar-refractivity contribution in [1.82, 2.24) is 19.7 Å². The summed E-state index contributed by atoms with van der Waals surface area (Å²) in [5.74, 6) is 0. The predicted octanol–water partition coefficient (Wildman–Crippen LogP) is 5.38. The third-order valence-electron chi connectivity index (χ3n) is 5.01. The lowest BCUT2D eigenvalue weighted by Gasteiger charge is -2.08. The smallest absolute Gasteiger partial charge is 0.259 e. The summed E-state index contributed by atoms with van der Waals surface area (Å²) in [6.45, 7) is 0. The maximum absolute atomic E-state index is 13.0. The molecule has 0 aliphatic rings. The van der Waals surface area contributed by atoms with Crippen molar-refractivity contribution in [2.75, 3.05) is 0 Å². The van der Waals surface area contributed by atoms with Gasteiger partial charge < -0.3 is 4.98 Å². The zero-order valence-corrected chi connectivity index (χ0v) is 16.3. The van der Waals surface area contributed by atoms with Crippen LogP contribution in [-0.2, 0) is 7.05 Å². The number of pyridine rings is 1. The van der Waals surface area contributed by atoms with E-state index in [4.69, 9.17) is 23.2 Å². The van der Waals surface area contributed by atoms with Crippen LogP contribution in [0.25, 0.3) is 44.3 Å². The molecule has 0 aliphatic heterocycles. The highest BCUT2D eigenvalue weighted by Crippen LogP contribution is 2.33. The van der Waals surface area contributed by atoms with Crippen molar-refractivity contribution in [1.29, 1.82) is 0 Å². The number of benzene rings is 2. The topological polar surface area (TPSA) is 66.5 Å². The second kappa shape index (κ2) is 6.26. The third kappa shape index (κ3) is 2.55. The fraction of sp³-hybridized carbons (Fsp3) is 0.0476. The first-order valence-electron chi connectivity index (χ1n) is 8.63. The summed E-state index contributed by atoms with van der Waals surface area (Å²) in [5.41, 5.74) is 4.73. The largest absolute Gasteiger partial charge is 0.341 e. The molecule has 0 fully saturated rings. The van der Waals surface area contributed by atoms with Gasteiger partial charge in [-0.15, -0.1) is 0 Å². The molecule has 0 unspecified atom stereocenters. The van der Waals surface area contributed by atoms with Gasteiger partial charge >= 0.3 is 0 Å². The van der Waals surface area contributed by atoms with Gasteiger partial charge in [-0.1, -0.05) is 35.3 Å². The lowest BCUT2D eigenvalue weighted by atomic mass is 10.0. The van der Waals surface area contributed by atoms with Crippen LogP contribution in [0.3, 0.4) is 0 Å². The van der Waals surface area contributed by atoms with E-state index in [1.54, 1.807) is 36.0 Å². The molecular weight excluding hydrogens is 395 g/mol. The zero-order chi connectivity index (χ0) is 19.4. The van der Waals surface area contributed by atoms with Crippen LogP contribution in [-0.4, -0.2) is 19.7 Å². The maximum atomic E-state index is 13.0. The average Bonchev–Trinajstić information content (AvgIpc) is 3.33. The lowest BCUT2D eigenvalue weighted by molar-refractivity contribution is 0.896. The van der Waals surface area contributed by atoms with Gasteiger partial charge in [0.05, 0.1) is 10.7 Å². The number of aryl methyl sites for hydroxylation is 1. The van der Waals surface area contributed by atoms with Gasteiger partial charge in [-0.25, -0.2) is 0 Å². The Hall–Kier alpha value is -3.02. The monoisotopic (exact) mass is 408 g/mol. The number of nitrogens with zero attached hydrogens (tertiary/aromatic N) is 2. The van der Waals surface area contributed by atoms with E-state index in [2.05, 4.69) is 21.2 Å². The molecule has 0 amide bonds. The Bertz CT molecular complexity index is 1410. The van der Waals surface area contributed by atoms with E-state index >= 15 is 0 Å². The van der Waals surface area contributed by atoms with Gasteiger partial charge in [0.1, 0.15) is 5.65 Å². The fourth-order valence-corrected chi connectivity index (χ4v) is 4.09. The minimum Gasteiger partial charge on any atom is -0.341 e. The molecule has 5 rings (SSSR count). The summed E-state index contributed by atoms with van der Waals surface area (Å²) in [6.07, 6.45) is 1.72. The Balaban J connectivity index is 1.83. The molecule has 28 heavy (non-hydrogen) atoms. The summed E-state index contributed by atoms with van der Waals surface area (Å²) >= 11 is 12.4. The Labute approximate surface area is 169 Å². The van der Waals surface area contributed by atoms with Gasteiger partial charge in [-0.05, 0) is 36.4 Å². The van der Waals surface area contributed by atoms with E-state index in [1.807, 2.05) is 24.3 Å². The van der Waals surface area contributed by atoms with Crippen LogP contribution in [0, 0.1) is 0 Å². The first kappa shape index (κ1) is 17.1. The molecule has 0 atom stereocenters. The van der Waals surface area contributed by atoms with Gasteiger partial charge in [0, 0.05) is 51.2 Å². The molecule has 2 aromatic carbocycles. The van der Waals surface area contributed by atoms with Gasteiger partial charge in [-0.3, -0.25) is 14.5 Å². The number of hydrogen-bond acceptors (Lipinski definition) is 2. The van der Waals surface area contributed by atoms with Crippen molar-refractivity contribution in [3.05, 3.63) is 75.1 Å². The summed E-state index contributed by atoms with van der Waals surface area (Å²) in [6, 6.07) is 15.1. The minimum atomic E-state index is -0.128. The Morgan fingerprint density at radius 3 is 2.57 bits per heavy atom. The van der Waals surface area contributed by atoms with Crippen LogP contribution in [0.15, 0.2) is 59.5 Å². The van der Waals surface area contributed by atoms with Crippen LogP contribution in [0.1, 0.15) is 0 Å². The Morgan fingerprint density at radius 2 is 1.82 bits per heavy atom. The maximum Gasteiger partial charge on any atom is 0.259 e. The number of fused-ring (bicyclic) bond motifs is 3. The second-order valence-corrected chi connectivity index (χ2v) is 7.51. The molecule has 0 radical (unpaired) electrons. The molecule has 0 spiro atoms. The molecule has 7 heteroatoms. The normalized spacial score (nSPS) is 11.5. The Morgan fingerprint density at radius 1 is 0.964 bits per heavy atom. The van der Waals surface area contributed by atoms with E-state index in [-0.39, 0.29) is 5.56 Å². The molecule has 0 bridgehead atoms. The van der Waals surface area contributed by atoms with Crippen molar-refractivity contribution in [2.24, 2.45) is 7.05 Å². The van der Waals surface area contributed by atoms with Gasteiger partial charge in [-0.2, -0.15) is 5.10 Å². The highest BCUT2D eigenvalue weighted by Gasteiger charge is 2.16. The van der Waals surface area contributed by atoms with Crippen LogP contribution < -0.4 is 5.56 Å². The number of hydrogen-bond donors (Lipinski definition) is 2. The second-order valence-electron chi connectivity index (χ2n) is 6.66. The number of halogens is 2. The summed E-state index contributed by atoms with van der Waals surface area (Å²) < 4.78 is 1.62. The zero-order valence-electron chi connectivity index (χ0n) is 14.8. The number of aromatic nitrogens is 4. The van der Waals surface area contributed by atoms with Crippen molar-refractivity contribution >= 4 is 45.1 Å². The quantitative estimate of drug-likeness (QED) is 0.411. The molecule has 0 saturated carbocycles. The average molecular weight is 409 g/mol. The molecular formula is C21H14Cl2N4O. The molecule has 2 N–H and O–H groups in total. The van der Waals surface area contributed by atoms with Crippen molar-refractivity contribution in [3.8, 4) is 22.4 Å². The highest BCUT2D eigenvalue weighted by atomic mass is 35.5. The van der Waals surface area contributed by atoms with Crippen molar-refractivity contribution in [2.45, 2.75) is 0 Å². The van der Waals surface area contributed by atoms with Crippen LogP contribution in [0.5, 0.6) is 0 Å². The lowest BCUT2D eigenvalue weighted by Crippen LogP contribution is -2.19. The third-order valence-corrected chi connectivity index (χ3v) is 5.56. The fourth-order valence-electron chi connectivity index (χ4n) is 3.58. The molecule has 3 aromatic heterocycles.